The Labute approximate surface area is 89.3 Å². The fourth-order valence-electron chi connectivity index (χ4n) is 1.23. The zero-order valence-corrected chi connectivity index (χ0v) is 10.1. The van der Waals surface area contributed by atoms with Crippen molar-refractivity contribution in [2.24, 2.45) is 10.9 Å². The van der Waals surface area contributed by atoms with E-state index in [0.29, 0.717) is 17.5 Å². The molecule has 0 aliphatic carbocycles. The Morgan fingerprint density at radius 1 is 1.50 bits per heavy atom. The second kappa shape index (κ2) is 8.12. The van der Waals surface area contributed by atoms with Gasteiger partial charge in [-0.15, -0.1) is 0 Å². The van der Waals surface area contributed by atoms with E-state index in [-0.39, 0.29) is 0 Å². The lowest BCUT2D eigenvalue weighted by Crippen LogP contribution is -2.08. The summed E-state index contributed by atoms with van der Waals surface area (Å²) in [5.41, 5.74) is 0. The number of aliphatic imine (C=N–C) groups is 1. The molecule has 84 valence electrons. The summed E-state index contributed by atoms with van der Waals surface area (Å²) in [6, 6.07) is 0. The number of rotatable bonds is 6. The van der Waals surface area contributed by atoms with Crippen LogP contribution in [0.25, 0.3) is 0 Å². The Kier molecular flexibility index (Phi) is 7.99. The first-order valence-corrected chi connectivity index (χ1v) is 6.34. The molecular formula is C10H21NO2S. The van der Waals surface area contributed by atoms with Crippen LogP contribution in [0.5, 0.6) is 0 Å². The number of unbranched alkanes of at least 4 members (excludes halogenated alkanes) is 1. The van der Waals surface area contributed by atoms with Crippen molar-refractivity contribution in [2.75, 3.05) is 6.54 Å². The lowest BCUT2D eigenvalue weighted by molar-refractivity contribution is 0.462. The van der Waals surface area contributed by atoms with Gasteiger partial charge in [-0.2, -0.15) is 0 Å². The molecule has 0 bridgehead atoms. The zero-order valence-electron chi connectivity index (χ0n) is 9.32. The zero-order chi connectivity index (χ0) is 11.0. The number of hydrogen-bond donors (Lipinski definition) is 1. The molecule has 2 unspecified atom stereocenters. The SMILES string of the molecule is CCCCC(CC)CN=C(C)S(=O)O. The van der Waals surface area contributed by atoms with Crippen LogP contribution in [0.15, 0.2) is 4.99 Å². The van der Waals surface area contributed by atoms with Crippen LogP contribution in [0.1, 0.15) is 46.5 Å². The minimum absolute atomic E-state index is 0.333. The van der Waals surface area contributed by atoms with E-state index in [1.54, 1.807) is 6.92 Å². The van der Waals surface area contributed by atoms with Crippen molar-refractivity contribution >= 4 is 16.1 Å². The normalized spacial score (nSPS) is 16.7. The molecule has 0 heterocycles. The third kappa shape index (κ3) is 6.27. The highest BCUT2D eigenvalue weighted by Gasteiger charge is 2.05. The summed E-state index contributed by atoms with van der Waals surface area (Å²) in [6.45, 7) is 6.60. The van der Waals surface area contributed by atoms with Crippen molar-refractivity contribution < 1.29 is 8.76 Å². The van der Waals surface area contributed by atoms with Gasteiger partial charge in [-0.1, -0.05) is 33.1 Å². The Balaban J connectivity index is 3.93. The molecule has 0 radical (unpaired) electrons. The Morgan fingerprint density at radius 3 is 2.57 bits per heavy atom. The fourth-order valence-corrected chi connectivity index (χ4v) is 1.42. The second-order valence-electron chi connectivity index (χ2n) is 3.53. The monoisotopic (exact) mass is 219 g/mol. The van der Waals surface area contributed by atoms with Crippen molar-refractivity contribution in [3.05, 3.63) is 0 Å². The van der Waals surface area contributed by atoms with E-state index in [1.807, 2.05) is 0 Å². The molecule has 0 aliphatic heterocycles. The van der Waals surface area contributed by atoms with Gasteiger partial charge in [0.1, 0.15) is 5.04 Å². The van der Waals surface area contributed by atoms with Gasteiger partial charge >= 0.3 is 0 Å². The van der Waals surface area contributed by atoms with Crippen LogP contribution in [-0.4, -0.2) is 20.4 Å². The van der Waals surface area contributed by atoms with Crippen LogP contribution in [0.2, 0.25) is 0 Å². The van der Waals surface area contributed by atoms with Gasteiger partial charge in [0.2, 0.25) is 11.1 Å². The lowest BCUT2D eigenvalue weighted by Gasteiger charge is -2.11. The van der Waals surface area contributed by atoms with Crippen molar-refractivity contribution in [2.45, 2.75) is 46.5 Å². The molecule has 0 aromatic rings. The highest BCUT2D eigenvalue weighted by atomic mass is 32.2. The van der Waals surface area contributed by atoms with E-state index in [0.717, 1.165) is 6.42 Å². The van der Waals surface area contributed by atoms with Gasteiger partial charge in [-0.25, -0.2) is 4.21 Å². The molecule has 0 aromatic carbocycles. The van der Waals surface area contributed by atoms with Crippen molar-refractivity contribution in [3.8, 4) is 0 Å². The van der Waals surface area contributed by atoms with E-state index in [9.17, 15) is 4.21 Å². The summed E-state index contributed by atoms with van der Waals surface area (Å²) in [4.78, 5) is 4.11. The van der Waals surface area contributed by atoms with E-state index >= 15 is 0 Å². The highest BCUT2D eigenvalue weighted by Crippen LogP contribution is 2.12. The predicted octanol–water partition coefficient (Wildman–Crippen LogP) is 2.84. The van der Waals surface area contributed by atoms with E-state index in [1.165, 1.54) is 19.3 Å². The van der Waals surface area contributed by atoms with Gasteiger partial charge in [-0.05, 0) is 19.3 Å². The Morgan fingerprint density at radius 2 is 2.14 bits per heavy atom. The average Bonchev–Trinajstić information content (AvgIpc) is 2.17. The number of hydrogen-bond acceptors (Lipinski definition) is 2. The lowest BCUT2D eigenvalue weighted by atomic mass is 10.00. The molecule has 0 saturated carbocycles. The Bertz CT molecular complexity index is 204. The predicted molar refractivity (Wildman–Crippen MR) is 62.1 cm³/mol. The summed E-state index contributed by atoms with van der Waals surface area (Å²) in [5.74, 6) is 0.563. The summed E-state index contributed by atoms with van der Waals surface area (Å²) < 4.78 is 19.3. The van der Waals surface area contributed by atoms with Gasteiger partial charge < -0.3 is 4.55 Å². The third-order valence-corrected chi connectivity index (χ3v) is 3.00. The first-order valence-electron chi connectivity index (χ1n) is 5.23. The minimum Gasteiger partial charge on any atom is -0.301 e. The molecule has 0 aliphatic rings. The van der Waals surface area contributed by atoms with Crippen molar-refractivity contribution in [3.63, 3.8) is 0 Å². The minimum atomic E-state index is -1.88. The van der Waals surface area contributed by atoms with Gasteiger partial charge in [0.05, 0.1) is 0 Å². The molecular weight excluding hydrogens is 198 g/mol. The molecule has 2 atom stereocenters. The summed E-state index contributed by atoms with van der Waals surface area (Å²) in [7, 11) is 0. The van der Waals surface area contributed by atoms with Gasteiger partial charge in [0.15, 0.2) is 0 Å². The topological polar surface area (TPSA) is 49.7 Å². The second-order valence-corrected chi connectivity index (χ2v) is 4.61. The molecule has 4 heteroatoms. The van der Waals surface area contributed by atoms with Crippen molar-refractivity contribution in [1.29, 1.82) is 0 Å². The van der Waals surface area contributed by atoms with Crippen LogP contribution in [0.4, 0.5) is 0 Å². The quantitative estimate of drug-likeness (QED) is 0.424. The third-order valence-electron chi connectivity index (χ3n) is 2.37. The van der Waals surface area contributed by atoms with E-state index in [2.05, 4.69) is 18.8 Å². The summed E-state index contributed by atoms with van der Waals surface area (Å²) in [5, 5.41) is 0.333. The molecule has 0 spiro atoms. The molecule has 0 rings (SSSR count). The molecule has 0 amide bonds. The molecule has 3 nitrogen and oxygen atoms in total. The smallest absolute Gasteiger partial charge is 0.200 e. The highest BCUT2D eigenvalue weighted by molar-refractivity contribution is 7.95. The molecule has 0 saturated heterocycles. The van der Waals surface area contributed by atoms with Crippen LogP contribution in [0.3, 0.4) is 0 Å². The van der Waals surface area contributed by atoms with Crippen LogP contribution < -0.4 is 0 Å². The largest absolute Gasteiger partial charge is 0.301 e. The Hall–Kier alpha value is -0.220. The molecule has 0 fully saturated rings. The van der Waals surface area contributed by atoms with E-state index in [4.69, 9.17) is 4.55 Å². The van der Waals surface area contributed by atoms with Crippen LogP contribution in [-0.2, 0) is 11.1 Å². The molecule has 1 N–H and O–H groups in total. The molecule has 0 aromatic heterocycles. The maximum atomic E-state index is 10.6. The fraction of sp³-hybridized carbons (Fsp3) is 0.900. The maximum Gasteiger partial charge on any atom is 0.200 e. The standard InChI is InChI=1S/C10H21NO2S/c1-4-6-7-10(5-2)8-11-9(3)14(12)13/h10H,4-8H2,1-3H3,(H,12,13). The van der Waals surface area contributed by atoms with Crippen molar-refractivity contribution in [1.82, 2.24) is 0 Å². The van der Waals surface area contributed by atoms with Crippen LogP contribution in [0, 0.1) is 5.92 Å². The van der Waals surface area contributed by atoms with Gasteiger partial charge in [0, 0.05) is 6.54 Å². The van der Waals surface area contributed by atoms with E-state index < -0.39 is 11.1 Å². The van der Waals surface area contributed by atoms with Crippen LogP contribution >= 0.6 is 0 Å². The maximum absolute atomic E-state index is 10.6. The molecule has 14 heavy (non-hydrogen) atoms. The van der Waals surface area contributed by atoms with Gasteiger partial charge in [0.25, 0.3) is 0 Å². The first kappa shape index (κ1) is 13.8. The summed E-state index contributed by atoms with van der Waals surface area (Å²) >= 11 is -1.88. The average molecular weight is 219 g/mol. The van der Waals surface area contributed by atoms with Gasteiger partial charge in [-0.3, -0.25) is 4.99 Å². The summed E-state index contributed by atoms with van der Waals surface area (Å²) in [6.07, 6.45) is 4.68. The number of nitrogens with zero attached hydrogens (tertiary/aromatic N) is 1. The first-order chi connectivity index (χ1) is 6.61.